The molecule has 0 fully saturated rings. The molecule has 1 amide bonds. The number of aryl methyl sites for hydroxylation is 1. The summed E-state index contributed by atoms with van der Waals surface area (Å²) < 4.78 is 0. The third-order valence-corrected chi connectivity index (χ3v) is 3.04. The number of carboxylic acid groups (broad SMARTS) is 1. The van der Waals surface area contributed by atoms with E-state index in [4.69, 9.17) is 0 Å². The number of nitrogens with zero attached hydrogens (tertiary/aromatic N) is 2. The van der Waals surface area contributed by atoms with Crippen LogP contribution >= 0.6 is 0 Å². The van der Waals surface area contributed by atoms with Crippen molar-refractivity contribution in [3.63, 3.8) is 0 Å². The molecule has 1 rings (SSSR count). The molecule has 0 aliphatic carbocycles. The van der Waals surface area contributed by atoms with Crippen LogP contribution in [0.15, 0.2) is 0 Å². The van der Waals surface area contributed by atoms with E-state index in [2.05, 4.69) is 20.5 Å². The molecule has 0 aliphatic heterocycles. The zero-order chi connectivity index (χ0) is 13.8. The molecule has 1 heterocycles. The number of nitrogens with one attached hydrogen (secondary N) is 2. The number of hydrogen-bond acceptors (Lipinski definition) is 4. The molecular formula is C11H18N4O3. The Balaban J connectivity index is 2.88. The average molecular weight is 254 g/mol. The molecular weight excluding hydrogens is 236 g/mol. The van der Waals surface area contributed by atoms with Gasteiger partial charge < -0.3 is 10.4 Å². The molecule has 0 atom stereocenters. The Morgan fingerprint density at radius 2 is 1.94 bits per heavy atom. The minimum Gasteiger partial charge on any atom is -0.480 e. The molecule has 0 aliphatic rings. The molecule has 0 aromatic carbocycles. The average Bonchev–Trinajstić information content (AvgIpc) is 2.84. The van der Waals surface area contributed by atoms with Crippen molar-refractivity contribution in [3.8, 4) is 0 Å². The summed E-state index contributed by atoms with van der Waals surface area (Å²) in [5.74, 6) is -1.06. The number of H-pyrrole nitrogens is 1. The molecule has 1 aromatic rings. The summed E-state index contributed by atoms with van der Waals surface area (Å²) in [6.45, 7) is 5.31. The van der Waals surface area contributed by atoms with E-state index in [1.54, 1.807) is 13.8 Å². The molecule has 18 heavy (non-hydrogen) atoms. The first-order valence-corrected chi connectivity index (χ1v) is 5.96. The Labute approximate surface area is 105 Å². The maximum absolute atomic E-state index is 11.9. The van der Waals surface area contributed by atoms with Crippen molar-refractivity contribution >= 4 is 11.9 Å². The van der Waals surface area contributed by atoms with Gasteiger partial charge in [0.2, 0.25) is 5.82 Å². The van der Waals surface area contributed by atoms with Gasteiger partial charge in [-0.15, -0.1) is 5.10 Å². The van der Waals surface area contributed by atoms with Gasteiger partial charge in [-0.3, -0.25) is 9.89 Å². The molecule has 0 spiro atoms. The predicted octanol–water partition coefficient (Wildman–Crippen LogP) is 0.740. The number of rotatable bonds is 6. The maximum Gasteiger partial charge on any atom is 0.329 e. The standard InChI is InChI=1S/C11H18N4O3/c1-4-7-12-8(15-14-7)9(16)13-11(5-2,6-3)10(17)18/h4-6H2,1-3H3,(H,13,16)(H,17,18)(H,12,14,15). The van der Waals surface area contributed by atoms with E-state index in [-0.39, 0.29) is 5.82 Å². The summed E-state index contributed by atoms with van der Waals surface area (Å²) in [6.07, 6.45) is 1.23. The van der Waals surface area contributed by atoms with E-state index in [1.807, 2.05) is 6.92 Å². The molecule has 0 unspecified atom stereocenters. The van der Waals surface area contributed by atoms with Gasteiger partial charge in [0.25, 0.3) is 5.91 Å². The van der Waals surface area contributed by atoms with E-state index in [0.29, 0.717) is 25.1 Å². The number of carbonyl (C=O) groups excluding carboxylic acids is 1. The molecule has 100 valence electrons. The number of aliphatic carboxylic acids is 1. The number of amides is 1. The first kappa shape index (κ1) is 14.1. The van der Waals surface area contributed by atoms with Crippen LogP contribution in [-0.4, -0.2) is 37.7 Å². The highest BCUT2D eigenvalue weighted by Gasteiger charge is 2.37. The van der Waals surface area contributed by atoms with Gasteiger partial charge in [-0.2, -0.15) is 0 Å². The normalized spacial score (nSPS) is 11.3. The number of aromatic amines is 1. The van der Waals surface area contributed by atoms with Crippen LogP contribution in [0.5, 0.6) is 0 Å². The van der Waals surface area contributed by atoms with Gasteiger partial charge in [-0.1, -0.05) is 20.8 Å². The second kappa shape index (κ2) is 5.61. The first-order chi connectivity index (χ1) is 8.49. The molecule has 3 N–H and O–H groups in total. The SMILES string of the molecule is CCc1nc(C(=O)NC(CC)(CC)C(=O)O)n[nH]1. The van der Waals surface area contributed by atoms with E-state index < -0.39 is 17.4 Å². The number of hydrogen-bond donors (Lipinski definition) is 3. The van der Waals surface area contributed by atoms with Gasteiger partial charge in [-0.25, -0.2) is 9.78 Å². The summed E-state index contributed by atoms with van der Waals surface area (Å²) in [4.78, 5) is 27.1. The molecule has 7 nitrogen and oxygen atoms in total. The number of carbonyl (C=O) groups is 2. The van der Waals surface area contributed by atoms with Gasteiger partial charge in [0.05, 0.1) is 0 Å². The van der Waals surface area contributed by atoms with Crippen LogP contribution in [0.4, 0.5) is 0 Å². The van der Waals surface area contributed by atoms with Crippen LogP contribution in [0, 0.1) is 0 Å². The smallest absolute Gasteiger partial charge is 0.329 e. The number of aromatic nitrogens is 3. The van der Waals surface area contributed by atoms with Gasteiger partial charge >= 0.3 is 5.97 Å². The van der Waals surface area contributed by atoms with Crippen molar-refractivity contribution in [2.45, 2.75) is 45.6 Å². The zero-order valence-corrected chi connectivity index (χ0v) is 10.8. The fourth-order valence-corrected chi connectivity index (χ4v) is 1.61. The van der Waals surface area contributed by atoms with E-state index >= 15 is 0 Å². The number of carboxylic acids is 1. The minimum absolute atomic E-state index is 0.0284. The molecule has 0 saturated carbocycles. The van der Waals surface area contributed by atoms with Crippen LogP contribution in [-0.2, 0) is 11.2 Å². The van der Waals surface area contributed by atoms with Crippen molar-refractivity contribution < 1.29 is 14.7 Å². The highest BCUT2D eigenvalue weighted by molar-refractivity contribution is 5.95. The Hall–Kier alpha value is -1.92. The van der Waals surface area contributed by atoms with Crippen molar-refractivity contribution in [2.75, 3.05) is 0 Å². The summed E-state index contributed by atoms with van der Waals surface area (Å²) in [7, 11) is 0. The summed E-state index contributed by atoms with van der Waals surface area (Å²) >= 11 is 0. The quantitative estimate of drug-likeness (QED) is 0.694. The van der Waals surface area contributed by atoms with Gasteiger partial charge in [0, 0.05) is 6.42 Å². The van der Waals surface area contributed by atoms with Gasteiger partial charge in [0.15, 0.2) is 0 Å². The van der Waals surface area contributed by atoms with Crippen LogP contribution in [0.1, 0.15) is 50.1 Å². The monoisotopic (exact) mass is 254 g/mol. The van der Waals surface area contributed by atoms with Gasteiger partial charge in [-0.05, 0) is 12.8 Å². The summed E-state index contributed by atoms with van der Waals surface area (Å²) in [5.41, 5.74) is -1.26. The summed E-state index contributed by atoms with van der Waals surface area (Å²) in [6, 6.07) is 0. The van der Waals surface area contributed by atoms with E-state index in [1.165, 1.54) is 0 Å². The third-order valence-electron chi connectivity index (χ3n) is 3.04. The summed E-state index contributed by atoms with van der Waals surface area (Å²) in [5, 5.41) is 18.1. The fourth-order valence-electron chi connectivity index (χ4n) is 1.61. The Morgan fingerprint density at radius 1 is 1.33 bits per heavy atom. The van der Waals surface area contributed by atoms with E-state index in [9.17, 15) is 14.7 Å². The Bertz CT molecular complexity index is 437. The lowest BCUT2D eigenvalue weighted by Crippen LogP contribution is -2.53. The van der Waals surface area contributed by atoms with Crippen molar-refractivity contribution in [3.05, 3.63) is 11.6 Å². The molecule has 0 radical (unpaired) electrons. The molecule has 1 aromatic heterocycles. The molecule has 0 saturated heterocycles. The third kappa shape index (κ3) is 2.66. The predicted molar refractivity (Wildman–Crippen MR) is 64.2 cm³/mol. The highest BCUT2D eigenvalue weighted by Crippen LogP contribution is 2.16. The minimum atomic E-state index is -1.26. The van der Waals surface area contributed by atoms with Crippen LogP contribution < -0.4 is 5.32 Å². The largest absolute Gasteiger partial charge is 0.480 e. The second-order valence-electron chi connectivity index (χ2n) is 4.01. The molecule has 0 bridgehead atoms. The maximum atomic E-state index is 11.9. The zero-order valence-electron chi connectivity index (χ0n) is 10.8. The van der Waals surface area contributed by atoms with Crippen LogP contribution in [0.3, 0.4) is 0 Å². The lowest BCUT2D eigenvalue weighted by molar-refractivity contribution is -0.144. The molecule has 7 heteroatoms. The Kier molecular flexibility index (Phi) is 4.41. The topological polar surface area (TPSA) is 108 Å². The van der Waals surface area contributed by atoms with E-state index in [0.717, 1.165) is 0 Å². The van der Waals surface area contributed by atoms with Gasteiger partial charge in [0.1, 0.15) is 11.4 Å². The lowest BCUT2D eigenvalue weighted by Gasteiger charge is -2.27. The van der Waals surface area contributed by atoms with Crippen molar-refractivity contribution in [1.82, 2.24) is 20.5 Å². The first-order valence-electron chi connectivity index (χ1n) is 5.96. The second-order valence-corrected chi connectivity index (χ2v) is 4.01. The van der Waals surface area contributed by atoms with Crippen LogP contribution in [0.25, 0.3) is 0 Å². The lowest BCUT2D eigenvalue weighted by atomic mass is 9.93. The highest BCUT2D eigenvalue weighted by atomic mass is 16.4. The Morgan fingerprint density at radius 3 is 2.33 bits per heavy atom. The van der Waals surface area contributed by atoms with Crippen LogP contribution in [0.2, 0.25) is 0 Å². The van der Waals surface area contributed by atoms with Crippen molar-refractivity contribution in [1.29, 1.82) is 0 Å². The fraction of sp³-hybridized carbons (Fsp3) is 0.636. The van der Waals surface area contributed by atoms with Crippen molar-refractivity contribution in [2.24, 2.45) is 0 Å².